The van der Waals surface area contributed by atoms with E-state index in [9.17, 15) is 18.0 Å². The van der Waals surface area contributed by atoms with Crippen LogP contribution in [0, 0.1) is 5.92 Å². The molecular formula is C13H12ClF3N2OS. The van der Waals surface area contributed by atoms with Crippen LogP contribution in [0.15, 0.2) is 23.1 Å². The lowest BCUT2D eigenvalue weighted by Gasteiger charge is -2.25. The van der Waals surface area contributed by atoms with Crippen LogP contribution >= 0.6 is 22.9 Å². The molecule has 1 aromatic rings. The second-order valence-electron chi connectivity index (χ2n) is 4.67. The molecule has 2 unspecified atom stereocenters. The average molecular weight is 337 g/mol. The van der Waals surface area contributed by atoms with Crippen LogP contribution in [0.3, 0.4) is 0 Å². The highest BCUT2D eigenvalue weighted by molar-refractivity contribution is 7.14. The fourth-order valence-corrected chi connectivity index (χ4v) is 2.99. The molecular weight excluding hydrogens is 325 g/mol. The number of carbonyl (C=O) groups excluding carboxylic acids is 1. The summed E-state index contributed by atoms with van der Waals surface area (Å²) in [5.41, 5.74) is 0.00500. The number of nitrogens with zero attached hydrogens (tertiary/aromatic N) is 1. The van der Waals surface area contributed by atoms with Gasteiger partial charge in [-0.25, -0.2) is 4.98 Å². The van der Waals surface area contributed by atoms with Crippen LogP contribution in [-0.4, -0.2) is 22.4 Å². The smallest absolute Gasteiger partial charge is 0.302 e. The zero-order valence-corrected chi connectivity index (χ0v) is 12.7. The number of alkyl halides is 4. The zero-order chi connectivity index (χ0) is 15.8. The zero-order valence-electron chi connectivity index (χ0n) is 11.2. The van der Waals surface area contributed by atoms with Crippen molar-refractivity contribution in [3.8, 4) is 0 Å². The standard InChI is InChI=1S/C13H12ClF3N2OS/c1-6-9(13(15,16)17)3-8(4-10(6)14)11-5-21-12(19-11)18-7(2)20/h3-6,10H,1-2H3,(H,18,19,20). The van der Waals surface area contributed by atoms with Crippen molar-refractivity contribution in [2.45, 2.75) is 25.4 Å². The van der Waals surface area contributed by atoms with Gasteiger partial charge < -0.3 is 5.32 Å². The van der Waals surface area contributed by atoms with E-state index in [4.69, 9.17) is 11.6 Å². The second-order valence-corrected chi connectivity index (χ2v) is 6.03. The third kappa shape index (κ3) is 3.65. The van der Waals surface area contributed by atoms with Gasteiger partial charge in [0.2, 0.25) is 5.91 Å². The van der Waals surface area contributed by atoms with Crippen molar-refractivity contribution in [1.29, 1.82) is 0 Å². The van der Waals surface area contributed by atoms with E-state index in [1.807, 2.05) is 0 Å². The molecule has 1 aliphatic carbocycles. The summed E-state index contributed by atoms with van der Waals surface area (Å²) in [6.07, 6.45) is -1.81. The Kier molecular flexibility index (Phi) is 4.43. The first kappa shape index (κ1) is 16.0. The lowest BCUT2D eigenvalue weighted by Crippen LogP contribution is -2.26. The van der Waals surface area contributed by atoms with E-state index < -0.39 is 23.0 Å². The summed E-state index contributed by atoms with van der Waals surface area (Å²) in [5, 5.41) is 3.66. The predicted molar refractivity (Wildman–Crippen MR) is 77.3 cm³/mol. The summed E-state index contributed by atoms with van der Waals surface area (Å²) in [6, 6.07) is 0. The van der Waals surface area contributed by atoms with Gasteiger partial charge in [-0.15, -0.1) is 22.9 Å². The third-order valence-electron chi connectivity index (χ3n) is 3.03. The molecule has 0 aromatic carbocycles. The van der Waals surface area contributed by atoms with Gasteiger partial charge in [0.15, 0.2) is 5.13 Å². The number of rotatable bonds is 2. The SMILES string of the molecule is CC(=O)Nc1nc(C2=CC(Cl)C(C)C(C(F)(F)F)=C2)cs1. The lowest BCUT2D eigenvalue weighted by atomic mass is 9.88. The van der Waals surface area contributed by atoms with E-state index in [1.54, 1.807) is 11.5 Å². The number of amides is 1. The number of aromatic nitrogens is 1. The second kappa shape index (κ2) is 5.81. The van der Waals surface area contributed by atoms with Crippen molar-refractivity contribution in [1.82, 2.24) is 4.98 Å². The Balaban J connectivity index is 2.35. The lowest BCUT2D eigenvalue weighted by molar-refractivity contribution is -0.114. The van der Waals surface area contributed by atoms with Gasteiger partial charge in [0.25, 0.3) is 0 Å². The molecule has 0 saturated carbocycles. The molecule has 0 spiro atoms. The van der Waals surface area contributed by atoms with Gasteiger partial charge in [-0.3, -0.25) is 4.79 Å². The average Bonchev–Trinajstić information content (AvgIpc) is 2.78. The van der Waals surface area contributed by atoms with Gasteiger partial charge >= 0.3 is 6.18 Å². The number of hydrogen-bond acceptors (Lipinski definition) is 3. The number of halogens is 4. The molecule has 21 heavy (non-hydrogen) atoms. The maximum Gasteiger partial charge on any atom is 0.413 e. The number of hydrogen-bond donors (Lipinski definition) is 1. The molecule has 1 heterocycles. The highest BCUT2D eigenvalue weighted by Crippen LogP contribution is 2.41. The van der Waals surface area contributed by atoms with Crippen molar-refractivity contribution >= 4 is 39.5 Å². The first-order valence-electron chi connectivity index (χ1n) is 6.06. The molecule has 0 saturated heterocycles. The number of carbonyl (C=O) groups is 1. The van der Waals surface area contributed by atoms with Crippen LogP contribution in [0.5, 0.6) is 0 Å². The summed E-state index contributed by atoms with van der Waals surface area (Å²) in [6.45, 7) is 2.77. The van der Waals surface area contributed by atoms with Crippen LogP contribution < -0.4 is 5.32 Å². The summed E-state index contributed by atoms with van der Waals surface area (Å²) < 4.78 is 39.0. The molecule has 1 amide bonds. The Labute approximate surface area is 128 Å². The van der Waals surface area contributed by atoms with Gasteiger partial charge in [0, 0.05) is 23.8 Å². The first-order chi connectivity index (χ1) is 9.68. The molecule has 1 N–H and O–H groups in total. The summed E-state index contributed by atoms with van der Waals surface area (Å²) in [7, 11) is 0. The molecule has 0 fully saturated rings. The minimum atomic E-state index is -4.43. The molecule has 114 valence electrons. The maximum atomic E-state index is 13.0. The van der Waals surface area contributed by atoms with E-state index in [0.29, 0.717) is 16.4 Å². The minimum Gasteiger partial charge on any atom is -0.302 e. The summed E-state index contributed by atoms with van der Waals surface area (Å²) >= 11 is 7.14. The van der Waals surface area contributed by atoms with Crippen molar-refractivity contribution in [2.24, 2.45) is 5.92 Å². The molecule has 1 aliphatic rings. The van der Waals surface area contributed by atoms with E-state index in [2.05, 4.69) is 10.3 Å². The Bertz CT molecular complexity index is 621. The van der Waals surface area contributed by atoms with E-state index in [0.717, 1.165) is 17.4 Å². The van der Waals surface area contributed by atoms with Gasteiger partial charge in [0.1, 0.15) is 0 Å². The minimum absolute atomic E-state index is 0.288. The molecule has 8 heteroatoms. The van der Waals surface area contributed by atoms with E-state index in [1.165, 1.54) is 13.8 Å². The van der Waals surface area contributed by atoms with Crippen LogP contribution in [0.2, 0.25) is 0 Å². The Morgan fingerprint density at radius 3 is 2.71 bits per heavy atom. The molecule has 0 radical (unpaired) electrons. The molecule has 0 aliphatic heterocycles. The van der Waals surface area contributed by atoms with Crippen LogP contribution in [-0.2, 0) is 4.79 Å². The van der Waals surface area contributed by atoms with Gasteiger partial charge in [-0.05, 0) is 11.6 Å². The number of thiazole rings is 1. The van der Waals surface area contributed by atoms with E-state index >= 15 is 0 Å². The maximum absolute atomic E-state index is 13.0. The normalized spacial score (nSPS) is 22.6. The molecule has 2 rings (SSSR count). The highest BCUT2D eigenvalue weighted by Gasteiger charge is 2.40. The monoisotopic (exact) mass is 336 g/mol. The molecule has 3 nitrogen and oxygen atoms in total. The van der Waals surface area contributed by atoms with Crippen LogP contribution in [0.25, 0.3) is 5.57 Å². The van der Waals surface area contributed by atoms with Gasteiger partial charge in [-0.1, -0.05) is 13.0 Å². The molecule has 2 atom stereocenters. The highest BCUT2D eigenvalue weighted by atomic mass is 35.5. The summed E-state index contributed by atoms with van der Waals surface area (Å²) in [5.74, 6) is -1.10. The van der Waals surface area contributed by atoms with Crippen molar-refractivity contribution in [3.05, 3.63) is 28.8 Å². The van der Waals surface area contributed by atoms with Crippen molar-refractivity contribution < 1.29 is 18.0 Å². The topological polar surface area (TPSA) is 42.0 Å². The third-order valence-corrected chi connectivity index (χ3v) is 4.29. The van der Waals surface area contributed by atoms with E-state index in [-0.39, 0.29) is 5.91 Å². The fourth-order valence-electron chi connectivity index (χ4n) is 1.95. The number of nitrogens with one attached hydrogen (secondary N) is 1. The van der Waals surface area contributed by atoms with Crippen LogP contribution in [0.1, 0.15) is 19.5 Å². The number of allylic oxidation sites excluding steroid dienone is 4. The van der Waals surface area contributed by atoms with Gasteiger partial charge in [-0.2, -0.15) is 13.2 Å². The largest absolute Gasteiger partial charge is 0.413 e. The quantitative estimate of drug-likeness (QED) is 0.821. The Morgan fingerprint density at radius 2 is 2.14 bits per heavy atom. The van der Waals surface area contributed by atoms with Crippen molar-refractivity contribution in [3.63, 3.8) is 0 Å². The van der Waals surface area contributed by atoms with Crippen LogP contribution in [0.4, 0.5) is 18.3 Å². The Morgan fingerprint density at radius 1 is 1.48 bits per heavy atom. The molecule has 1 aromatic heterocycles. The number of anilines is 1. The summed E-state index contributed by atoms with van der Waals surface area (Å²) in [4.78, 5) is 15.0. The first-order valence-corrected chi connectivity index (χ1v) is 7.38. The predicted octanol–water partition coefficient (Wildman–Crippen LogP) is 4.23. The fraction of sp³-hybridized carbons (Fsp3) is 0.385. The van der Waals surface area contributed by atoms with Gasteiger partial charge in [0.05, 0.1) is 11.1 Å². The Hall–Kier alpha value is -1.34. The molecule has 0 bridgehead atoms. The van der Waals surface area contributed by atoms with Crippen molar-refractivity contribution in [2.75, 3.05) is 5.32 Å².